The van der Waals surface area contributed by atoms with E-state index in [2.05, 4.69) is 15.2 Å². The number of carbonyl (C=O) groups excluding carboxylic acids is 1. The van der Waals surface area contributed by atoms with Crippen LogP contribution in [0.2, 0.25) is 0 Å². The fourth-order valence-corrected chi connectivity index (χ4v) is 3.10. The van der Waals surface area contributed by atoms with Crippen LogP contribution in [0, 0.1) is 5.92 Å². The molecule has 0 unspecified atom stereocenters. The SMILES string of the molecule is CCOC(=O)c1n[nH]c(CC2CCSCC2)n1. The summed E-state index contributed by atoms with van der Waals surface area (Å²) < 4.78 is 4.84. The summed E-state index contributed by atoms with van der Waals surface area (Å²) in [5.41, 5.74) is 0. The van der Waals surface area contributed by atoms with Crippen LogP contribution in [0.25, 0.3) is 0 Å². The van der Waals surface area contributed by atoms with E-state index >= 15 is 0 Å². The Morgan fingerprint density at radius 2 is 2.29 bits per heavy atom. The fraction of sp³-hybridized carbons (Fsp3) is 0.727. The van der Waals surface area contributed by atoms with Crippen LogP contribution < -0.4 is 0 Å². The van der Waals surface area contributed by atoms with Gasteiger partial charge in [-0.15, -0.1) is 5.10 Å². The molecule has 0 spiro atoms. The second kappa shape index (κ2) is 6.05. The zero-order valence-corrected chi connectivity index (χ0v) is 10.8. The van der Waals surface area contributed by atoms with Crippen LogP contribution in [0.5, 0.6) is 0 Å². The molecule has 0 bridgehead atoms. The standard InChI is InChI=1S/C11H17N3O2S/c1-2-16-11(15)10-12-9(13-14-10)7-8-3-5-17-6-4-8/h8H,2-7H2,1H3,(H,12,13,14). The number of rotatable bonds is 4. The minimum absolute atomic E-state index is 0.145. The van der Waals surface area contributed by atoms with E-state index in [1.165, 1.54) is 24.3 Å². The third kappa shape index (κ3) is 3.46. The third-order valence-corrected chi connectivity index (χ3v) is 3.86. The normalized spacial score (nSPS) is 17.0. The lowest BCUT2D eigenvalue weighted by Gasteiger charge is -2.19. The first kappa shape index (κ1) is 12.4. The highest BCUT2D eigenvalue weighted by Gasteiger charge is 2.18. The van der Waals surface area contributed by atoms with Crippen molar-refractivity contribution in [1.82, 2.24) is 15.2 Å². The number of H-pyrrole nitrogens is 1. The molecule has 0 aromatic carbocycles. The minimum Gasteiger partial charge on any atom is -0.460 e. The van der Waals surface area contributed by atoms with Gasteiger partial charge in [-0.3, -0.25) is 5.10 Å². The topological polar surface area (TPSA) is 67.9 Å². The van der Waals surface area contributed by atoms with Crippen LogP contribution in [0.1, 0.15) is 36.2 Å². The summed E-state index contributed by atoms with van der Waals surface area (Å²) in [5, 5.41) is 6.71. The summed E-state index contributed by atoms with van der Waals surface area (Å²) in [6.07, 6.45) is 3.33. The molecule has 1 saturated heterocycles. The number of esters is 1. The number of hydrogen-bond acceptors (Lipinski definition) is 5. The second-order valence-corrected chi connectivity index (χ2v) is 5.31. The number of hydrogen-bond donors (Lipinski definition) is 1. The Hall–Kier alpha value is -1.04. The largest absolute Gasteiger partial charge is 0.460 e. The average molecular weight is 255 g/mol. The van der Waals surface area contributed by atoms with Gasteiger partial charge >= 0.3 is 5.97 Å². The maximum Gasteiger partial charge on any atom is 0.378 e. The first-order valence-corrected chi connectivity index (χ1v) is 7.11. The molecule has 1 N–H and O–H groups in total. The molecule has 1 aromatic heterocycles. The van der Waals surface area contributed by atoms with Crippen molar-refractivity contribution in [2.45, 2.75) is 26.2 Å². The number of aromatic amines is 1. The summed E-state index contributed by atoms with van der Waals surface area (Å²) >= 11 is 2.01. The van der Waals surface area contributed by atoms with Crippen molar-refractivity contribution in [2.75, 3.05) is 18.1 Å². The molecule has 17 heavy (non-hydrogen) atoms. The van der Waals surface area contributed by atoms with Gasteiger partial charge in [-0.25, -0.2) is 9.78 Å². The number of thioether (sulfide) groups is 1. The van der Waals surface area contributed by atoms with Gasteiger partial charge in [-0.2, -0.15) is 11.8 Å². The van der Waals surface area contributed by atoms with Gasteiger partial charge in [-0.1, -0.05) is 0 Å². The van der Waals surface area contributed by atoms with Crippen LogP contribution in [-0.2, 0) is 11.2 Å². The number of carbonyl (C=O) groups is 1. The fourth-order valence-electron chi connectivity index (χ4n) is 1.90. The lowest BCUT2D eigenvalue weighted by molar-refractivity contribution is 0.0512. The number of ether oxygens (including phenoxy) is 1. The van der Waals surface area contributed by atoms with Gasteiger partial charge in [0.2, 0.25) is 0 Å². The van der Waals surface area contributed by atoms with E-state index in [4.69, 9.17) is 4.74 Å². The summed E-state index contributed by atoms with van der Waals surface area (Å²) in [6.45, 7) is 2.12. The monoisotopic (exact) mass is 255 g/mol. The Balaban J connectivity index is 1.91. The molecular formula is C11H17N3O2S. The maximum atomic E-state index is 11.4. The van der Waals surface area contributed by atoms with E-state index in [1.807, 2.05) is 11.8 Å². The second-order valence-electron chi connectivity index (χ2n) is 4.09. The Bertz CT molecular complexity index is 375. The molecule has 1 aromatic rings. The van der Waals surface area contributed by atoms with Crippen molar-refractivity contribution in [3.05, 3.63) is 11.6 Å². The molecule has 0 amide bonds. The molecule has 0 aliphatic carbocycles. The van der Waals surface area contributed by atoms with Gasteiger partial charge in [0.25, 0.3) is 5.82 Å². The van der Waals surface area contributed by atoms with Crippen LogP contribution in [0.3, 0.4) is 0 Å². The smallest absolute Gasteiger partial charge is 0.378 e. The van der Waals surface area contributed by atoms with Gasteiger partial charge in [0.15, 0.2) is 0 Å². The van der Waals surface area contributed by atoms with Crippen LogP contribution >= 0.6 is 11.8 Å². The molecule has 2 heterocycles. The summed E-state index contributed by atoms with van der Waals surface area (Å²) in [4.78, 5) is 15.6. The first-order chi connectivity index (χ1) is 8.29. The molecule has 1 aliphatic rings. The van der Waals surface area contributed by atoms with E-state index < -0.39 is 5.97 Å². The van der Waals surface area contributed by atoms with Crippen molar-refractivity contribution in [3.63, 3.8) is 0 Å². The van der Waals surface area contributed by atoms with Crippen LogP contribution in [-0.4, -0.2) is 39.3 Å². The van der Waals surface area contributed by atoms with Crippen molar-refractivity contribution < 1.29 is 9.53 Å². The van der Waals surface area contributed by atoms with Crippen molar-refractivity contribution in [1.29, 1.82) is 0 Å². The first-order valence-electron chi connectivity index (χ1n) is 5.95. The number of nitrogens with one attached hydrogen (secondary N) is 1. The Labute approximate surface area is 105 Å². The molecule has 5 nitrogen and oxygen atoms in total. The van der Waals surface area contributed by atoms with Crippen LogP contribution in [0.4, 0.5) is 0 Å². The molecule has 0 saturated carbocycles. The maximum absolute atomic E-state index is 11.4. The molecule has 6 heteroatoms. The van der Waals surface area contributed by atoms with E-state index in [0.29, 0.717) is 12.5 Å². The Morgan fingerprint density at radius 3 is 3.00 bits per heavy atom. The zero-order chi connectivity index (χ0) is 12.1. The molecular weight excluding hydrogens is 238 g/mol. The van der Waals surface area contributed by atoms with Gasteiger partial charge in [-0.05, 0) is 37.2 Å². The lowest BCUT2D eigenvalue weighted by atomic mass is 9.99. The molecule has 1 fully saturated rings. The molecule has 2 rings (SSSR count). The third-order valence-electron chi connectivity index (χ3n) is 2.81. The Kier molecular flexibility index (Phi) is 4.42. The Morgan fingerprint density at radius 1 is 1.53 bits per heavy atom. The molecule has 0 atom stereocenters. The van der Waals surface area contributed by atoms with Crippen LogP contribution in [0.15, 0.2) is 0 Å². The predicted molar refractivity (Wildman–Crippen MR) is 66.1 cm³/mol. The highest BCUT2D eigenvalue weighted by atomic mass is 32.2. The van der Waals surface area contributed by atoms with Crippen molar-refractivity contribution >= 4 is 17.7 Å². The summed E-state index contributed by atoms with van der Waals surface area (Å²) in [7, 11) is 0. The lowest BCUT2D eigenvalue weighted by Crippen LogP contribution is -2.13. The zero-order valence-electron chi connectivity index (χ0n) is 9.94. The van der Waals surface area contributed by atoms with E-state index in [-0.39, 0.29) is 5.82 Å². The van der Waals surface area contributed by atoms with Crippen molar-refractivity contribution in [2.24, 2.45) is 5.92 Å². The molecule has 0 radical (unpaired) electrons. The van der Waals surface area contributed by atoms with E-state index in [1.54, 1.807) is 6.92 Å². The predicted octanol–water partition coefficient (Wildman–Crippen LogP) is 1.67. The van der Waals surface area contributed by atoms with Crippen molar-refractivity contribution in [3.8, 4) is 0 Å². The highest BCUT2D eigenvalue weighted by Crippen LogP contribution is 2.24. The average Bonchev–Trinajstić information content (AvgIpc) is 2.79. The molecule has 1 aliphatic heterocycles. The quantitative estimate of drug-likeness (QED) is 0.829. The van der Waals surface area contributed by atoms with Gasteiger partial charge in [0.1, 0.15) is 5.82 Å². The molecule has 94 valence electrons. The summed E-state index contributed by atoms with van der Waals surface area (Å²) in [5.74, 6) is 3.61. The van der Waals surface area contributed by atoms with E-state index in [9.17, 15) is 4.79 Å². The minimum atomic E-state index is -0.450. The van der Waals surface area contributed by atoms with E-state index in [0.717, 1.165) is 12.2 Å². The van der Waals surface area contributed by atoms with Gasteiger partial charge in [0, 0.05) is 6.42 Å². The van der Waals surface area contributed by atoms with Gasteiger partial charge < -0.3 is 4.74 Å². The number of aromatic nitrogens is 3. The van der Waals surface area contributed by atoms with Gasteiger partial charge in [0.05, 0.1) is 6.61 Å². The number of nitrogens with zero attached hydrogens (tertiary/aromatic N) is 2. The summed E-state index contributed by atoms with van der Waals surface area (Å²) in [6, 6.07) is 0. The highest BCUT2D eigenvalue weighted by molar-refractivity contribution is 7.99.